The summed E-state index contributed by atoms with van der Waals surface area (Å²) in [6.45, 7) is 3.68. The molecule has 2 rings (SSSR count). The molecule has 0 spiro atoms. The molecule has 132 valence electrons. The minimum Gasteiger partial charge on any atom is -0.382 e. The number of hydrogen-bond donors (Lipinski definition) is 1. The molecule has 1 saturated heterocycles. The zero-order valence-electron chi connectivity index (χ0n) is 14.3. The molecule has 1 aromatic rings. The molecule has 24 heavy (non-hydrogen) atoms. The summed E-state index contributed by atoms with van der Waals surface area (Å²) in [6, 6.07) is 5.76. The van der Waals surface area contributed by atoms with Crippen molar-refractivity contribution in [1.29, 1.82) is 0 Å². The molecule has 0 unspecified atom stereocenters. The van der Waals surface area contributed by atoms with Crippen LogP contribution in [0.25, 0.3) is 0 Å². The Labute approximate surface area is 142 Å². The molecular weight excluding hydrogens is 311 g/mol. The van der Waals surface area contributed by atoms with Crippen LogP contribution in [0.3, 0.4) is 0 Å². The van der Waals surface area contributed by atoms with Gasteiger partial charge in [-0.1, -0.05) is 18.2 Å². The highest BCUT2D eigenvalue weighted by atomic mass is 19.1. The third-order valence-corrected chi connectivity index (χ3v) is 4.39. The normalized spacial score (nSPS) is 21.0. The second kappa shape index (κ2) is 8.78. The van der Waals surface area contributed by atoms with Gasteiger partial charge in [-0.15, -0.1) is 0 Å². The molecule has 0 aliphatic carbocycles. The molecule has 1 fully saturated rings. The number of piperidine rings is 1. The number of hydrogen-bond acceptors (Lipinski definition) is 3. The van der Waals surface area contributed by atoms with Gasteiger partial charge in [0.15, 0.2) is 0 Å². The van der Waals surface area contributed by atoms with Crippen LogP contribution in [0.15, 0.2) is 24.3 Å². The van der Waals surface area contributed by atoms with Gasteiger partial charge in [-0.2, -0.15) is 0 Å². The van der Waals surface area contributed by atoms with E-state index in [1.807, 2.05) is 6.92 Å². The van der Waals surface area contributed by atoms with Gasteiger partial charge in [0.1, 0.15) is 5.82 Å². The Morgan fingerprint density at radius 1 is 1.42 bits per heavy atom. The fourth-order valence-electron chi connectivity index (χ4n) is 3.11. The Kier molecular flexibility index (Phi) is 6.73. The van der Waals surface area contributed by atoms with Crippen LogP contribution in [0.5, 0.6) is 0 Å². The maximum absolute atomic E-state index is 14.2. The van der Waals surface area contributed by atoms with Gasteiger partial charge in [-0.25, -0.2) is 4.39 Å². The minimum absolute atomic E-state index is 0.0661. The highest BCUT2D eigenvalue weighted by Crippen LogP contribution is 2.36. The van der Waals surface area contributed by atoms with Gasteiger partial charge in [-0.3, -0.25) is 9.59 Å². The minimum atomic E-state index is -0.570. The summed E-state index contributed by atoms with van der Waals surface area (Å²) in [5.74, 6) is -1.04. The van der Waals surface area contributed by atoms with Gasteiger partial charge in [0.05, 0.1) is 12.0 Å². The van der Waals surface area contributed by atoms with Crippen LogP contribution < -0.4 is 5.32 Å². The van der Waals surface area contributed by atoms with Crippen LogP contribution in [-0.2, 0) is 14.3 Å². The monoisotopic (exact) mass is 336 g/mol. The maximum Gasteiger partial charge on any atom is 0.225 e. The number of rotatable bonds is 7. The number of nitrogens with one attached hydrogen (secondary N) is 1. The van der Waals surface area contributed by atoms with Crippen molar-refractivity contribution in [2.45, 2.75) is 32.2 Å². The molecule has 2 amide bonds. The number of ether oxygens (including phenoxy) is 1. The molecule has 1 aliphatic rings. The number of benzene rings is 1. The zero-order chi connectivity index (χ0) is 17.5. The molecular formula is C18H25FN2O3. The molecule has 1 aliphatic heterocycles. The van der Waals surface area contributed by atoms with Crippen LogP contribution >= 0.6 is 0 Å². The Morgan fingerprint density at radius 2 is 2.17 bits per heavy atom. The van der Waals surface area contributed by atoms with E-state index in [-0.39, 0.29) is 11.8 Å². The molecule has 6 heteroatoms. The van der Waals surface area contributed by atoms with Gasteiger partial charge < -0.3 is 15.0 Å². The van der Waals surface area contributed by atoms with E-state index in [1.165, 1.54) is 11.0 Å². The second-order valence-corrected chi connectivity index (χ2v) is 5.96. The molecule has 0 radical (unpaired) electrons. The maximum atomic E-state index is 14.2. The SMILES string of the molecule is CCOCCCNC(=O)[C@@H]1CCC(=O)N(C)[C@H]1c1ccccc1F. The zero-order valence-corrected chi connectivity index (χ0v) is 14.3. The molecule has 1 N–H and O–H groups in total. The summed E-state index contributed by atoms with van der Waals surface area (Å²) in [6.07, 6.45) is 1.46. The molecule has 2 atom stereocenters. The molecule has 0 aromatic heterocycles. The van der Waals surface area contributed by atoms with Gasteiger partial charge in [-0.05, 0) is 25.8 Å². The number of nitrogens with zero attached hydrogens (tertiary/aromatic N) is 1. The van der Waals surface area contributed by atoms with Gasteiger partial charge >= 0.3 is 0 Å². The van der Waals surface area contributed by atoms with Crippen LogP contribution in [-0.4, -0.2) is 43.5 Å². The highest BCUT2D eigenvalue weighted by molar-refractivity contribution is 5.84. The van der Waals surface area contributed by atoms with E-state index in [4.69, 9.17) is 4.74 Å². The van der Waals surface area contributed by atoms with Gasteiger partial charge in [0.25, 0.3) is 0 Å². The largest absolute Gasteiger partial charge is 0.382 e. The summed E-state index contributed by atoms with van der Waals surface area (Å²) >= 11 is 0. The van der Waals surface area contributed by atoms with E-state index in [1.54, 1.807) is 25.2 Å². The lowest BCUT2D eigenvalue weighted by Crippen LogP contribution is -2.46. The summed E-state index contributed by atoms with van der Waals surface area (Å²) in [4.78, 5) is 26.1. The van der Waals surface area contributed by atoms with Crippen molar-refractivity contribution in [3.05, 3.63) is 35.6 Å². The van der Waals surface area contributed by atoms with Crippen LogP contribution in [0, 0.1) is 11.7 Å². The predicted molar refractivity (Wildman–Crippen MR) is 88.8 cm³/mol. The Bertz CT molecular complexity index is 579. The summed E-state index contributed by atoms with van der Waals surface area (Å²) in [5, 5.41) is 2.89. The van der Waals surface area contributed by atoms with Gasteiger partial charge in [0.2, 0.25) is 11.8 Å². The van der Waals surface area contributed by atoms with Crippen molar-refractivity contribution in [3.8, 4) is 0 Å². The number of amides is 2. The second-order valence-electron chi connectivity index (χ2n) is 5.96. The predicted octanol–water partition coefficient (Wildman–Crippen LogP) is 2.28. The quantitative estimate of drug-likeness (QED) is 0.777. The molecule has 0 saturated carbocycles. The topological polar surface area (TPSA) is 58.6 Å². The highest BCUT2D eigenvalue weighted by Gasteiger charge is 2.39. The molecule has 5 nitrogen and oxygen atoms in total. The van der Waals surface area contributed by atoms with Crippen LogP contribution in [0.4, 0.5) is 4.39 Å². The van der Waals surface area contributed by atoms with Crippen molar-refractivity contribution in [3.63, 3.8) is 0 Å². The summed E-state index contributed by atoms with van der Waals surface area (Å²) in [7, 11) is 1.63. The molecule has 0 bridgehead atoms. The Hall–Kier alpha value is -1.95. The fraction of sp³-hybridized carbons (Fsp3) is 0.556. The lowest BCUT2D eigenvalue weighted by molar-refractivity contribution is -0.141. The average Bonchev–Trinajstić information content (AvgIpc) is 2.57. The van der Waals surface area contributed by atoms with E-state index in [0.717, 1.165) is 6.42 Å². The fourth-order valence-corrected chi connectivity index (χ4v) is 3.11. The average molecular weight is 336 g/mol. The number of halogens is 1. The van der Waals surface area contributed by atoms with Crippen LogP contribution in [0.2, 0.25) is 0 Å². The van der Waals surface area contributed by atoms with Gasteiger partial charge in [0, 0.05) is 38.8 Å². The lowest BCUT2D eigenvalue weighted by atomic mass is 9.83. The van der Waals surface area contributed by atoms with Crippen molar-refractivity contribution >= 4 is 11.8 Å². The smallest absolute Gasteiger partial charge is 0.225 e. The number of carbonyl (C=O) groups excluding carboxylic acids is 2. The van der Waals surface area contributed by atoms with Crippen molar-refractivity contribution in [2.75, 3.05) is 26.8 Å². The van der Waals surface area contributed by atoms with E-state index in [0.29, 0.717) is 38.2 Å². The van der Waals surface area contributed by atoms with Crippen molar-refractivity contribution in [1.82, 2.24) is 10.2 Å². The first-order valence-corrected chi connectivity index (χ1v) is 8.41. The van der Waals surface area contributed by atoms with E-state index >= 15 is 0 Å². The Morgan fingerprint density at radius 3 is 2.88 bits per heavy atom. The number of likely N-dealkylation sites (tertiary alicyclic amines) is 1. The number of carbonyl (C=O) groups is 2. The van der Waals surface area contributed by atoms with Crippen LogP contribution in [0.1, 0.15) is 37.8 Å². The summed E-state index contributed by atoms with van der Waals surface area (Å²) in [5.41, 5.74) is 0.391. The molecule has 1 aromatic carbocycles. The third-order valence-electron chi connectivity index (χ3n) is 4.39. The van der Waals surface area contributed by atoms with E-state index in [9.17, 15) is 14.0 Å². The first-order chi connectivity index (χ1) is 11.6. The van der Waals surface area contributed by atoms with Crippen molar-refractivity contribution in [2.24, 2.45) is 5.92 Å². The lowest BCUT2D eigenvalue weighted by Gasteiger charge is -2.38. The third kappa shape index (κ3) is 4.32. The van der Waals surface area contributed by atoms with E-state index < -0.39 is 17.8 Å². The standard InChI is InChI=1S/C18H25FN2O3/c1-3-24-12-6-11-20-18(23)14-9-10-16(22)21(2)17(14)13-7-4-5-8-15(13)19/h4-5,7-8,14,17H,3,6,9-12H2,1-2H3,(H,20,23)/t14-,17+/m1/s1. The first-order valence-electron chi connectivity index (χ1n) is 8.41. The van der Waals surface area contributed by atoms with E-state index in [2.05, 4.69) is 5.32 Å². The first kappa shape index (κ1) is 18.4. The van der Waals surface area contributed by atoms with Crippen molar-refractivity contribution < 1.29 is 18.7 Å². The Balaban J connectivity index is 2.09. The summed E-state index contributed by atoms with van der Waals surface area (Å²) < 4.78 is 19.5. The molecule has 1 heterocycles.